The van der Waals surface area contributed by atoms with Gasteiger partial charge in [-0.15, -0.1) is 0 Å². The first kappa shape index (κ1) is 19.0. The Kier molecular flexibility index (Phi) is 5.31. The van der Waals surface area contributed by atoms with E-state index in [1.54, 1.807) is 19.2 Å². The second kappa shape index (κ2) is 7.27. The van der Waals surface area contributed by atoms with Gasteiger partial charge in [0.15, 0.2) is 0 Å². The van der Waals surface area contributed by atoms with Gasteiger partial charge >= 0.3 is 0 Å². The summed E-state index contributed by atoms with van der Waals surface area (Å²) in [5, 5.41) is 15.0. The first-order valence-electron chi connectivity index (χ1n) is 7.96. The van der Waals surface area contributed by atoms with Crippen molar-refractivity contribution in [3.8, 4) is 11.8 Å². The first-order valence-corrected chi connectivity index (χ1v) is 7.96. The van der Waals surface area contributed by atoms with Crippen LogP contribution in [-0.2, 0) is 5.41 Å². The van der Waals surface area contributed by atoms with Gasteiger partial charge in [0, 0.05) is 18.2 Å². The largest absolute Gasteiger partial charge is 0.494 e. The molecule has 0 atom stereocenters. The third-order valence-corrected chi connectivity index (χ3v) is 3.77. The van der Waals surface area contributed by atoms with Crippen LogP contribution >= 0.6 is 0 Å². The van der Waals surface area contributed by atoms with Gasteiger partial charge in [0.25, 0.3) is 0 Å². The molecular weight excluding hydrogens is 332 g/mol. The highest BCUT2D eigenvalue weighted by Gasteiger charge is 2.27. The molecule has 0 aliphatic rings. The van der Waals surface area contributed by atoms with E-state index in [4.69, 9.17) is 15.7 Å². The Balaban J connectivity index is 2.58. The average molecular weight is 354 g/mol. The van der Waals surface area contributed by atoms with Crippen molar-refractivity contribution in [2.24, 2.45) is 5.73 Å². The quantitative estimate of drug-likeness (QED) is 0.753. The van der Waals surface area contributed by atoms with Crippen molar-refractivity contribution >= 4 is 23.4 Å². The molecule has 1 aromatic carbocycles. The molecule has 2 aromatic rings. The number of primary amides is 1. The second-order valence-corrected chi connectivity index (χ2v) is 6.63. The van der Waals surface area contributed by atoms with Crippen molar-refractivity contribution in [1.82, 2.24) is 9.97 Å². The van der Waals surface area contributed by atoms with Gasteiger partial charge in [-0.05, 0) is 17.5 Å². The molecule has 0 fully saturated rings. The van der Waals surface area contributed by atoms with E-state index >= 15 is 0 Å². The van der Waals surface area contributed by atoms with Crippen molar-refractivity contribution in [3.63, 3.8) is 0 Å². The van der Waals surface area contributed by atoms with E-state index in [0.29, 0.717) is 39.9 Å². The summed E-state index contributed by atoms with van der Waals surface area (Å²) in [4.78, 5) is 20.3. The molecule has 0 bridgehead atoms. The number of nitriles is 1. The summed E-state index contributed by atoms with van der Waals surface area (Å²) in [6.07, 6.45) is 1.43. The monoisotopic (exact) mass is 354 g/mol. The van der Waals surface area contributed by atoms with Gasteiger partial charge < -0.3 is 21.1 Å². The summed E-state index contributed by atoms with van der Waals surface area (Å²) in [5.41, 5.74) is 7.17. The molecule has 1 aromatic heterocycles. The number of benzene rings is 1. The molecule has 4 N–H and O–H groups in total. The number of hydrogen-bond acceptors (Lipinski definition) is 7. The van der Waals surface area contributed by atoms with E-state index in [1.165, 1.54) is 13.3 Å². The summed E-state index contributed by atoms with van der Waals surface area (Å²) in [5.74, 6) is 0.673. The summed E-state index contributed by atoms with van der Waals surface area (Å²) in [6.45, 7) is 5.91. The third kappa shape index (κ3) is 3.67. The number of rotatable bonds is 5. The lowest BCUT2D eigenvalue weighted by Crippen LogP contribution is -2.22. The molecule has 8 nitrogen and oxygen atoms in total. The van der Waals surface area contributed by atoms with Crippen LogP contribution in [0.5, 0.6) is 5.75 Å². The molecule has 0 saturated heterocycles. The molecule has 26 heavy (non-hydrogen) atoms. The number of carbonyl (C=O) groups excluding carboxylic acids is 1. The number of aromatic nitrogens is 2. The van der Waals surface area contributed by atoms with Crippen LogP contribution in [0.2, 0.25) is 0 Å². The second-order valence-electron chi connectivity index (χ2n) is 6.63. The number of nitrogens with one attached hydrogen (secondary N) is 2. The van der Waals surface area contributed by atoms with Crippen molar-refractivity contribution in [1.29, 1.82) is 5.26 Å². The van der Waals surface area contributed by atoms with E-state index in [9.17, 15) is 4.79 Å². The number of hydrogen-bond donors (Lipinski definition) is 3. The smallest absolute Gasteiger partial charge is 0.249 e. The zero-order valence-electron chi connectivity index (χ0n) is 15.5. The highest BCUT2D eigenvalue weighted by atomic mass is 16.5. The molecule has 0 aliphatic carbocycles. The molecule has 1 heterocycles. The van der Waals surface area contributed by atoms with E-state index in [0.717, 1.165) is 0 Å². The Morgan fingerprint density at radius 3 is 2.54 bits per heavy atom. The highest BCUT2D eigenvalue weighted by Crippen LogP contribution is 2.40. The van der Waals surface area contributed by atoms with Gasteiger partial charge in [-0.2, -0.15) is 10.2 Å². The maximum absolute atomic E-state index is 11.8. The number of ether oxygens (including phenoxy) is 1. The van der Waals surface area contributed by atoms with Crippen LogP contribution in [0.1, 0.15) is 42.3 Å². The molecule has 1 amide bonds. The third-order valence-electron chi connectivity index (χ3n) is 3.77. The van der Waals surface area contributed by atoms with Gasteiger partial charge in [-0.1, -0.05) is 20.8 Å². The van der Waals surface area contributed by atoms with Crippen LogP contribution in [0.15, 0.2) is 18.3 Å². The van der Waals surface area contributed by atoms with Crippen LogP contribution in [0.25, 0.3) is 0 Å². The van der Waals surface area contributed by atoms with Crippen molar-refractivity contribution in [3.05, 3.63) is 35.0 Å². The van der Waals surface area contributed by atoms with Gasteiger partial charge in [-0.25, -0.2) is 4.98 Å². The van der Waals surface area contributed by atoms with Crippen LogP contribution in [0.3, 0.4) is 0 Å². The fourth-order valence-corrected chi connectivity index (χ4v) is 2.68. The maximum atomic E-state index is 11.8. The molecule has 0 saturated carbocycles. The topological polar surface area (TPSA) is 126 Å². The lowest BCUT2D eigenvalue weighted by Gasteiger charge is -2.26. The van der Waals surface area contributed by atoms with E-state index in [1.807, 2.05) is 26.8 Å². The normalized spacial score (nSPS) is 10.8. The van der Waals surface area contributed by atoms with Gasteiger partial charge in [-0.3, -0.25) is 4.79 Å². The Hall–Kier alpha value is -3.34. The summed E-state index contributed by atoms with van der Waals surface area (Å²) in [6, 6.07) is 5.36. The first-order chi connectivity index (χ1) is 12.2. The summed E-state index contributed by atoms with van der Waals surface area (Å²) < 4.78 is 5.57. The van der Waals surface area contributed by atoms with Crippen molar-refractivity contribution < 1.29 is 9.53 Å². The number of nitrogens with two attached hydrogens (primary N) is 1. The minimum atomic E-state index is -0.521. The average Bonchev–Trinajstić information content (AvgIpc) is 2.60. The van der Waals surface area contributed by atoms with Crippen LogP contribution in [0, 0.1) is 11.3 Å². The zero-order chi connectivity index (χ0) is 19.5. The predicted octanol–water partition coefficient (Wildman–Crippen LogP) is 2.54. The molecule has 8 heteroatoms. The molecule has 0 aliphatic heterocycles. The number of anilines is 3. The maximum Gasteiger partial charge on any atom is 0.249 e. The summed E-state index contributed by atoms with van der Waals surface area (Å²) >= 11 is 0. The van der Waals surface area contributed by atoms with Gasteiger partial charge in [0.2, 0.25) is 11.9 Å². The molecule has 0 unspecified atom stereocenters. The predicted molar refractivity (Wildman–Crippen MR) is 99.8 cm³/mol. The lowest BCUT2D eigenvalue weighted by atomic mass is 9.82. The lowest BCUT2D eigenvalue weighted by molar-refractivity contribution is 0.0997. The Bertz CT molecular complexity index is 880. The minimum absolute atomic E-state index is 0.290. The number of nitrogens with zero attached hydrogens (tertiary/aromatic N) is 3. The minimum Gasteiger partial charge on any atom is -0.494 e. The van der Waals surface area contributed by atoms with Crippen molar-refractivity contribution in [2.45, 2.75) is 26.2 Å². The zero-order valence-corrected chi connectivity index (χ0v) is 15.5. The molecule has 136 valence electrons. The fourth-order valence-electron chi connectivity index (χ4n) is 2.68. The fraction of sp³-hybridized carbons (Fsp3) is 0.333. The van der Waals surface area contributed by atoms with Crippen molar-refractivity contribution in [2.75, 3.05) is 24.8 Å². The molecule has 0 spiro atoms. The van der Waals surface area contributed by atoms with Crippen LogP contribution in [-0.4, -0.2) is 30.0 Å². The Morgan fingerprint density at radius 2 is 2.04 bits per heavy atom. The molecule has 2 rings (SSSR count). The van der Waals surface area contributed by atoms with Gasteiger partial charge in [0.05, 0.1) is 19.0 Å². The highest BCUT2D eigenvalue weighted by molar-refractivity contribution is 5.96. The van der Waals surface area contributed by atoms with Crippen LogP contribution < -0.4 is 21.1 Å². The Labute approximate surface area is 152 Å². The molecule has 0 radical (unpaired) electrons. The standard InChI is InChI=1S/C18H22N6O2/c1-18(2,3)13-11(15(20)25)6-7-12(14(13)26-5)23-17-22-9-10(8-19)16(21-4)24-17/h6-7,9H,1-5H3,(H2,20,25)(H2,21,22,23,24). The number of methoxy groups -OCH3 is 1. The number of amides is 1. The molecular formula is C18H22N6O2. The number of carbonyl (C=O) groups is 1. The van der Waals surface area contributed by atoms with Gasteiger partial charge in [0.1, 0.15) is 23.2 Å². The Morgan fingerprint density at radius 1 is 1.35 bits per heavy atom. The van der Waals surface area contributed by atoms with E-state index < -0.39 is 5.91 Å². The SMILES string of the molecule is CNc1nc(Nc2ccc(C(N)=O)c(C(C)(C)C)c2OC)ncc1C#N. The summed E-state index contributed by atoms with van der Waals surface area (Å²) in [7, 11) is 3.20. The van der Waals surface area contributed by atoms with E-state index in [-0.39, 0.29) is 5.41 Å². The van der Waals surface area contributed by atoms with Crippen LogP contribution in [0.4, 0.5) is 17.5 Å². The van der Waals surface area contributed by atoms with E-state index in [2.05, 4.69) is 20.6 Å².